The Kier molecular flexibility index (Phi) is 5.01. The van der Waals surface area contributed by atoms with Gasteiger partial charge in [0, 0.05) is 12.2 Å². The Labute approximate surface area is 132 Å². The molecule has 0 amide bonds. The van der Waals surface area contributed by atoms with Gasteiger partial charge in [-0.2, -0.15) is 5.10 Å². The van der Waals surface area contributed by atoms with Crippen LogP contribution < -0.4 is 5.73 Å². The van der Waals surface area contributed by atoms with Gasteiger partial charge in [0.25, 0.3) is 0 Å². The molecule has 0 fully saturated rings. The first kappa shape index (κ1) is 15.6. The zero-order chi connectivity index (χ0) is 15.4. The quantitative estimate of drug-likeness (QED) is 0.664. The first-order valence-electron chi connectivity index (χ1n) is 6.73. The zero-order valence-corrected chi connectivity index (χ0v) is 13.7. The molecule has 1 aromatic carbocycles. The van der Waals surface area contributed by atoms with Crippen LogP contribution in [0.4, 0.5) is 5.69 Å². The van der Waals surface area contributed by atoms with Crippen LogP contribution in [0, 0.1) is 6.92 Å². The second-order valence-corrected chi connectivity index (χ2v) is 5.49. The molecule has 0 spiro atoms. The summed E-state index contributed by atoms with van der Waals surface area (Å²) in [5.41, 5.74) is 8.95. The summed E-state index contributed by atoms with van der Waals surface area (Å²) in [4.78, 5) is 11.9. The second kappa shape index (κ2) is 6.76. The molecular formula is C15H18BrN3O2. The third kappa shape index (κ3) is 3.64. The van der Waals surface area contributed by atoms with Crippen LogP contribution in [-0.2, 0) is 29.1 Å². The summed E-state index contributed by atoms with van der Waals surface area (Å²) in [6.07, 6.45) is 0.170. The molecule has 0 saturated heterocycles. The molecular weight excluding hydrogens is 334 g/mol. The molecule has 2 N–H and O–H groups in total. The lowest BCUT2D eigenvalue weighted by Crippen LogP contribution is -2.12. The highest BCUT2D eigenvalue weighted by Crippen LogP contribution is 2.22. The summed E-state index contributed by atoms with van der Waals surface area (Å²) in [5, 5.41) is 4.36. The van der Waals surface area contributed by atoms with Crippen molar-refractivity contribution < 1.29 is 9.53 Å². The van der Waals surface area contributed by atoms with Gasteiger partial charge in [-0.3, -0.25) is 9.48 Å². The number of nitrogens with two attached hydrogens (primary N) is 1. The van der Waals surface area contributed by atoms with Crippen LogP contribution >= 0.6 is 15.9 Å². The Balaban J connectivity index is 2.00. The highest BCUT2D eigenvalue weighted by molar-refractivity contribution is 9.10. The summed E-state index contributed by atoms with van der Waals surface area (Å²) in [7, 11) is 0. The van der Waals surface area contributed by atoms with Crippen molar-refractivity contribution in [3.8, 4) is 0 Å². The Bertz CT molecular complexity index is 652. The minimum absolute atomic E-state index is 0.170. The molecule has 0 radical (unpaired) electrons. The number of hydrogen-bond donors (Lipinski definition) is 1. The number of hydrogen-bond acceptors (Lipinski definition) is 4. The predicted octanol–water partition coefficient (Wildman–Crippen LogP) is 2.84. The Morgan fingerprint density at radius 1 is 1.43 bits per heavy atom. The predicted molar refractivity (Wildman–Crippen MR) is 84.7 cm³/mol. The number of ether oxygens (including phenoxy) is 1. The van der Waals surface area contributed by atoms with Gasteiger partial charge in [-0.25, -0.2) is 0 Å². The number of aryl methyl sites for hydroxylation is 2. The van der Waals surface area contributed by atoms with Crippen molar-refractivity contribution in [1.82, 2.24) is 9.78 Å². The second-order valence-electron chi connectivity index (χ2n) is 4.70. The molecule has 0 aliphatic heterocycles. The maximum absolute atomic E-state index is 11.9. The number of benzene rings is 1. The zero-order valence-electron chi connectivity index (χ0n) is 12.1. The van der Waals surface area contributed by atoms with Crippen molar-refractivity contribution in [3.05, 3.63) is 45.7 Å². The molecule has 1 aromatic heterocycles. The number of esters is 1. The number of rotatable bonds is 5. The van der Waals surface area contributed by atoms with Crippen LogP contribution in [0.25, 0.3) is 0 Å². The number of halogens is 1. The fourth-order valence-corrected chi connectivity index (χ4v) is 2.46. The summed E-state index contributed by atoms with van der Waals surface area (Å²) in [6, 6.07) is 7.29. The van der Waals surface area contributed by atoms with Crippen LogP contribution in [0.1, 0.15) is 23.9 Å². The van der Waals surface area contributed by atoms with Gasteiger partial charge in [0.05, 0.1) is 22.3 Å². The van der Waals surface area contributed by atoms with E-state index in [1.165, 1.54) is 0 Å². The average molecular weight is 352 g/mol. The topological polar surface area (TPSA) is 70.1 Å². The van der Waals surface area contributed by atoms with E-state index in [0.717, 1.165) is 28.0 Å². The summed E-state index contributed by atoms with van der Waals surface area (Å²) < 4.78 is 8.05. The Morgan fingerprint density at radius 2 is 2.14 bits per heavy atom. The van der Waals surface area contributed by atoms with Crippen molar-refractivity contribution in [2.24, 2.45) is 0 Å². The van der Waals surface area contributed by atoms with E-state index >= 15 is 0 Å². The molecule has 2 aromatic rings. The van der Waals surface area contributed by atoms with Crippen molar-refractivity contribution in [3.63, 3.8) is 0 Å². The van der Waals surface area contributed by atoms with Gasteiger partial charge in [-0.05, 0) is 41.4 Å². The lowest BCUT2D eigenvalue weighted by atomic mass is 10.1. The molecule has 2 rings (SSSR count). The molecule has 1 heterocycles. The normalized spacial score (nSPS) is 10.6. The Morgan fingerprint density at radius 3 is 2.81 bits per heavy atom. The summed E-state index contributed by atoms with van der Waals surface area (Å²) in [6.45, 7) is 4.83. The van der Waals surface area contributed by atoms with E-state index < -0.39 is 0 Å². The molecule has 0 atom stereocenters. The van der Waals surface area contributed by atoms with E-state index in [-0.39, 0.29) is 19.0 Å². The molecule has 0 unspecified atom stereocenters. The fraction of sp³-hybridized carbons (Fsp3) is 0.333. The molecule has 5 nitrogen and oxygen atoms in total. The summed E-state index contributed by atoms with van der Waals surface area (Å²) >= 11 is 3.48. The van der Waals surface area contributed by atoms with Gasteiger partial charge in [-0.15, -0.1) is 0 Å². The number of nitrogen functional groups attached to an aromatic ring is 1. The molecule has 0 aliphatic carbocycles. The van der Waals surface area contributed by atoms with Gasteiger partial charge in [0.1, 0.15) is 6.61 Å². The average Bonchev–Trinajstić information content (AvgIpc) is 2.74. The van der Waals surface area contributed by atoms with Crippen molar-refractivity contribution in [1.29, 1.82) is 0 Å². The third-order valence-corrected chi connectivity index (χ3v) is 4.24. The largest absolute Gasteiger partial charge is 0.459 e. The maximum atomic E-state index is 11.9. The highest BCUT2D eigenvalue weighted by Gasteiger charge is 2.14. The van der Waals surface area contributed by atoms with E-state index in [1.54, 1.807) is 6.07 Å². The third-order valence-electron chi connectivity index (χ3n) is 3.21. The minimum Gasteiger partial charge on any atom is -0.459 e. The molecule has 112 valence electrons. The van der Waals surface area contributed by atoms with Crippen LogP contribution in [0.5, 0.6) is 0 Å². The van der Waals surface area contributed by atoms with E-state index in [0.29, 0.717) is 5.69 Å². The lowest BCUT2D eigenvalue weighted by Gasteiger charge is -2.08. The van der Waals surface area contributed by atoms with E-state index in [4.69, 9.17) is 10.5 Å². The molecule has 0 aliphatic rings. The van der Waals surface area contributed by atoms with Gasteiger partial charge in [0.15, 0.2) is 0 Å². The van der Waals surface area contributed by atoms with Crippen LogP contribution in [0.2, 0.25) is 0 Å². The minimum atomic E-state index is -0.304. The smallest absolute Gasteiger partial charge is 0.310 e. The van der Waals surface area contributed by atoms with Crippen LogP contribution in [0.3, 0.4) is 0 Å². The summed E-state index contributed by atoms with van der Waals surface area (Å²) in [5.74, 6) is -0.304. The lowest BCUT2D eigenvalue weighted by molar-refractivity contribution is -0.144. The standard InChI is InChI=1S/C15H18BrN3O2/c1-3-19-13(15(16)10(2)18-19)9-21-14(20)8-11-6-4-5-7-12(11)17/h4-7H,3,8-9,17H2,1-2H3. The molecule has 6 heteroatoms. The number of carbonyl (C=O) groups excluding carboxylic acids is 1. The molecule has 21 heavy (non-hydrogen) atoms. The molecule has 0 bridgehead atoms. The van der Waals surface area contributed by atoms with Gasteiger partial charge in [0.2, 0.25) is 0 Å². The number of carbonyl (C=O) groups is 1. The van der Waals surface area contributed by atoms with E-state index in [9.17, 15) is 4.79 Å². The first-order valence-corrected chi connectivity index (χ1v) is 7.53. The SMILES string of the molecule is CCn1nc(C)c(Br)c1COC(=O)Cc1ccccc1N. The van der Waals surface area contributed by atoms with E-state index in [2.05, 4.69) is 21.0 Å². The number of para-hydroxylation sites is 1. The van der Waals surface area contributed by atoms with Crippen molar-refractivity contribution in [2.75, 3.05) is 5.73 Å². The van der Waals surface area contributed by atoms with Crippen LogP contribution in [-0.4, -0.2) is 15.7 Å². The monoisotopic (exact) mass is 351 g/mol. The number of nitrogens with zero attached hydrogens (tertiary/aromatic N) is 2. The molecule has 0 saturated carbocycles. The van der Waals surface area contributed by atoms with Crippen molar-refractivity contribution in [2.45, 2.75) is 33.4 Å². The van der Waals surface area contributed by atoms with Crippen molar-refractivity contribution >= 4 is 27.6 Å². The maximum Gasteiger partial charge on any atom is 0.310 e. The van der Waals surface area contributed by atoms with Gasteiger partial charge in [-0.1, -0.05) is 18.2 Å². The van der Waals surface area contributed by atoms with Gasteiger partial charge >= 0.3 is 5.97 Å². The van der Waals surface area contributed by atoms with Gasteiger partial charge < -0.3 is 10.5 Å². The fourth-order valence-electron chi connectivity index (χ4n) is 2.06. The highest BCUT2D eigenvalue weighted by atomic mass is 79.9. The van der Waals surface area contributed by atoms with Crippen LogP contribution in [0.15, 0.2) is 28.7 Å². The first-order chi connectivity index (χ1) is 10.0. The Hall–Kier alpha value is -1.82. The number of aromatic nitrogens is 2. The van der Waals surface area contributed by atoms with E-state index in [1.807, 2.05) is 36.7 Å². The number of anilines is 1.